The van der Waals surface area contributed by atoms with Gasteiger partial charge in [-0.3, -0.25) is 0 Å². The molecule has 0 bridgehead atoms. The van der Waals surface area contributed by atoms with E-state index in [1.165, 1.54) is 0 Å². The van der Waals surface area contributed by atoms with Crippen LogP contribution in [0, 0.1) is 0 Å². The van der Waals surface area contributed by atoms with Crippen LogP contribution < -0.4 is 18.9 Å². The van der Waals surface area contributed by atoms with Crippen molar-refractivity contribution in [3.63, 3.8) is 0 Å². The lowest BCUT2D eigenvalue weighted by Crippen LogP contribution is -2.29. The van der Waals surface area contributed by atoms with Gasteiger partial charge in [0, 0.05) is 12.1 Å². The van der Waals surface area contributed by atoms with Crippen LogP contribution >= 0.6 is 0 Å². The Balaban J connectivity index is 1.45. The summed E-state index contributed by atoms with van der Waals surface area (Å²) in [6.45, 7) is 2.35. The van der Waals surface area contributed by atoms with Crippen molar-refractivity contribution in [3.05, 3.63) is 54.1 Å². The van der Waals surface area contributed by atoms with Gasteiger partial charge in [0.1, 0.15) is 5.75 Å². The Bertz CT molecular complexity index is 807. The molecule has 0 saturated heterocycles. The molecular weight excluding hydrogens is 342 g/mol. The number of ether oxygens (including phenoxy) is 3. The fraction of sp³-hybridized carbons (Fsp3) is 0.333. The average Bonchev–Trinajstić information content (AvgIpc) is 3.07. The van der Waals surface area contributed by atoms with Crippen molar-refractivity contribution in [1.29, 1.82) is 0 Å². The summed E-state index contributed by atoms with van der Waals surface area (Å²) in [4.78, 5) is 0. The molecule has 6 nitrogen and oxygen atoms in total. The summed E-state index contributed by atoms with van der Waals surface area (Å²) in [5.41, 5.74) is 0.933. The van der Waals surface area contributed by atoms with Gasteiger partial charge in [-0.2, -0.15) is 0 Å². The summed E-state index contributed by atoms with van der Waals surface area (Å²) in [6, 6.07) is 14.5. The SMILES string of the molecule is CC(NS(=O)(=O)CCCOc1ccc2c(c1)OCO2)c1ccccc1. The maximum absolute atomic E-state index is 12.2. The maximum Gasteiger partial charge on any atom is 0.231 e. The number of benzene rings is 2. The second kappa shape index (κ2) is 7.76. The highest BCUT2D eigenvalue weighted by Crippen LogP contribution is 2.35. The minimum atomic E-state index is -3.37. The zero-order valence-electron chi connectivity index (χ0n) is 14.0. The van der Waals surface area contributed by atoms with E-state index < -0.39 is 10.0 Å². The number of hydrogen-bond donors (Lipinski definition) is 1. The van der Waals surface area contributed by atoms with Gasteiger partial charge in [0.15, 0.2) is 11.5 Å². The quantitative estimate of drug-likeness (QED) is 0.730. The third kappa shape index (κ3) is 4.87. The highest BCUT2D eigenvalue weighted by Gasteiger charge is 2.16. The highest BCUT2D eigenvalue weighted by atomic mass is 32.2. The number of sulfonamides is 1. The molecule has 0 spiro atoms. The normalized spacial score (nSPS) is 14.3. The smallest absolute Gasteiger partial charge is 0.231 e. The molecule has 7 heteroatoms. The average molecular weight is 363 g/mol. The first kappa shape index (κ1) is 17.6. The number of nitrogens with one attached hydrogen (secondary N) is 1. The molecule has 1 N–H and O–H groups in total. The van der Waals surface area contributed by atoms with E-state index >= 15 is 0 Å². The van der Waals surface area contributed by atoms with Crippen molar-refractivity contribution in [2.75, 3.05) is 19.2 Å². The van der Waals surface area contributed by atoms with E-state index in [0.717, 1.165) is 5.56 Å². The van der Waals surface area contributed by atoms with E-state index in [4.69, 9.17) is 14.2 Å². The van der Waals surface area contributed by atoms with E-state index in [1.807, 2.05) is 37.3 Å². The van der Waals surface area contributed by atoms with Crippen molar-refractivity contribution in [2.24, 2.45) is 0 Å². The molecule has 1 aliphatic rings. The fourth-order valence-electron chi connectivity index (χ4n) is 2.54. The number of rotatable bonds is 8. The lowest BCUT2D eigenvalue weighted by Gasteiger charge is -2.14. The first-order chi connectivity index (χ1) is 12.0. The largest absolute Gasteiger partial charge is 0.493 e. The first-order valence-electron chi connectivity index (χ1n) is 8.11. The van der Waals surface area contributed by atoms with Crippen LogP contribution in [0.2, 0.25) is 0 Å². The van der Waals surface area contributed by atoms with Crippen molar-refractivity contribution in [1.82, 2.24) is 4.72 Å². The van der Waals surface area contributed by atoms with E-state index in [-0.39, 0.29) is 18.6 Å². The summed E-state index contributed by atoms with van der Waals surface area (Å²) < 4.78 is 43.1. The molecular formula is C18H21NO5S. The second-order valence-corrected chi connectivity index (χ2v) is 7.66. The van der Waals surface area contributed by atoms with Crippen LogP contribution in [0.15, 0.2) is 48.5 Å². The Kier molecular flexibility index (Phi) is 5.45. The van der Waals surface area contributed by atoms with E-state index in [2.05, 4.69) is 4.72 Å². The van der Waals surface area contributed by atoms with Crippen LogP contribution in [0.1, 0.15) is 24.9 Å². The van der Waals surface area contributed by atoms with E-state index in [9.17, 15) is 8.42 Å². The topological polar surface area (TPSA) is 73.9 Å². The summed E-state index contributed by atoms with van der Waals surface area (Å²) in [6.07, 6.45) is 0.394. The molecule has 3 rings (SSSR count). The zero-order chi connectivity index (χ0) is 17.7. The standard InChI is InChI=1S/C18H21NO5S/c1-14(15-6-3-2-4-7-15)19-25(20,21)11-5-10-22-16-8-9-17-18(12-16)24-13-23-17/h2-4,6-9,12,14,19H,5,10-11,13H2,1H3. The van der Waals surface area contributed by atoms with Crippen LogP contribution in [0.4, 0.5) is 0 Å². The molecule has 0 radical (unpaired) electrons. The number of hydrogen-bond acceptors (Lipinski definition) is 5. The third-order valence-corrected chi connectivity index (χ3v) is 5.36. The molecule has 2 aromatic carbocycles. The first-order valence-corrected chi connectivity index (χ1v) is 9.76. The van der Waals surface area contributed by atoms with Gasteiger partial charge in [-0.05, 0) is 31.0 Å². The van der Waals surface area contributed by atoms with Crippen LogP contribution in [0.5, 0.6) is 17.2 Å². The number of fused-ring (bicyclic) bond motifs is 1. The summed E-state index contributed by atoms with van der Waals surface area (Å²) >= 11 is 0. The molecule has 0 aliphatic carbocycles. The van der Waals surface area contributed by atoms with Gasteiger partial charge >= 0.3 is 0 Å². The Labute approximate surface area is 147 Å². The molecule has 1 atom stereocenters. The second-order valence-electron chi connectivity index (χ2n) is 5.79. The Morgan fingerprint density at radius 1 is 1.12 bits per heavy atom. The van der Waals surface area contributed by atoms with Crippen molar-refractivity contribution < 1.29 is 22.6 Å². The third-order valence-electron chi connectivity index (χ3n) is 3.83. The molecule has 0 aromatic heterocycles. The highest BCUT2D eigenvalue weighted by molar-refractivity contribution is 7.89. The van der Waals surface area contributed by atoms with Crippen LogP contribution in [-0.4, -0.2) is 27.6 Å². The molecule has 1 aliphatic heterocycles. The molecule has 25 heavy (non-hydrogen) atoms. The predicted octanol–water partition coefficient (Wildman–Crippen LogP) is 2.86. The van der Waals surface area contributed by atoms with Gasteiger partial charge in [-0.25, -0.2) is 13.1 Å². The minimum absolute atomic E-state index is 0.00866. The lowest BCUT2D eigenvalue weighted by molar-refractivity contribution is 0.173. The van der Waals surface area contributed by atoms with Gasteiger partial charge < -0.3 is 14.2 Å². The minimum Gasteiger partial charge on any atom is -0.493 e. The van der Waals surface area contributed by atoms with Gasteiger partial charge in [0.2, 0.25) is 16.8 Å². The van der Waals surface area contributed by atoms with Gasteiger partial charge in [0.25, 0.3) is 0 Å². The summed E-state index contributed by atoms with van der Waals surface area (Å²) in [7, 11) is -3.37. The molecule has 0 saturated carbocycles. The van der Waals surface area contributed by atoms with Gasteiger partial charge in [-0.1, -0.05) is 30.3 Å². The van der Waals surface area contributed by atoms with Crippen molar-refractivity contribution in [3.8, 4) is 17.2 Å². The molecule has 0 fully saturated rings. The molecule has 1 unspecified atom stereocenters. The Morgan fingerprint density at radius 3 is 2.68 bits per heavy atom. The predicted molar refractivity (Wildman–Crippen MR) is 94.5 cm³/mol. The zero-order valence-corrected chi connectivity index (χ0v) is 14.8. The summed E-state index contributed by atoms with van der Waals surface area (Å²) in [5.74, 6) is 1.97. The fourth-order valence-corrected chi connectivity index (χ4v) is 3.83. The molecule has 0 amide bonds. The monoisotopic (exact) mass is 363 g/mol. The van der Waals surface area contributed by atoms with Crippen LogP contribution in [0.3, 0.4) is 0 Å². The molecule has 2 aromatic rings. The Morgan fingerprint density at radius 2 is 1.88 bits per heavy atom. The summed E-state index contributed by atoms with van der Waals surface area (Å²) in [5, 5.41) is 0. The maximum atomic E-state index is 12.2. The van der Waals surface area contributed by atoms with Crippen LogP contribution in [0.25, 0.3) is 0 Å². The Hall–Kier alpha value is -2.25. The van der Waals surface area contributed by atoms with Gasteiger partial charge in [0.05, 0.1) is 12.4 Å². The molecule has 1 heterocycles. The lowest BCUT2D eigenvalue weighted by atomic mass is 10.1. The molecule has 134 valence electrons. The van der Waals surface area contributed by atoms with Gasteiger partial charge in [-0.15, -0.1) is 0 Å². The van der Waals surface area contributed by atoms with Crippen molar-refractivity contribution in [2.45, 2.75) is 19.4 Å². The van der Waals surface area contributed by atoms with Crippen molar-refractivity contribution >= 4 is 10.0 Å². The van der Waals surface area contributed by atoms with E-state index in [0.29, 0.717) is 30.3 Å². The van der Waals surface area contributed by atoms with E-state index in [1.54, 1.807) is 18.2 Å². The van der Waals surface area contributed by atoms with Crippen LogP contribution in [-0.2, 0) is 10.0 Å².